The van der Waals surface area contributed by atoms with Crippen molar-refractivity contribution in [2.75, 3.05) is 6.61 Å². The molecule has 0 amide bonds. The zero-order valence-electron chi connectivity index (χ0n) is 20.3. The number of furan rings is 1. The summed E-state index contributed by atoms with van der Waals surface area (Å²) in [5.41, 5.74) is -1.02. The van der Waals surface area contributed by atoms with E-state index < -0.39 is 40.6 Å². The molecule has 3 aromatic carbocycles. The molecule has 8 nitrogen and oxygen atoms in total. The van der Waals surface area contributed by atoms with E-state index in [1.165, 1.54) is 36.4 Å². The van der Waals surface area contributed by atoms with Crippen LogP contribution in [0, 0.1) is 0 Å². The molecule has 0 aliphatic rings. The van der Waals surface area contributed by atoms with Gasteiger partial charge in [0.15, 0.2) is 0 Å². The van der Waals surface area contributed by atoms with Crippen LogP contribution in [0.2, 0.25) is 0 Å². The van der Waals surface area contributed by atoms with Gasteiger partial charge in [-0.3, -0.25) is 4.79 Å². The van der Waals surface area contributed by atoms with Crippen LogP contribution >= 0.6 is 15.9 Å². The zero-order chi connectivity index (χ0) is 28.6. The van der Waals surface area contributed by atoms with Gasteiger partial charge in [-0.15, -0.1) is 0 Å². The van der Waals surface area contributed by atoms with Gasteiger partial charge in [-0.05, 0) is 67.6 Å². The van der Waals surface area contributed by atoms with Crippen molar-refractivity contribution < 1.29 is 45.8 Å². The lowest BCUT2D eigenvalue weighted by atomic mass is 10.2. The van der Waals surface area contributed by atoms with Crippen molar-refractivity contribution in [1.29, 1.82) is 0 Å². The number of hydrogen-bond donors (Lipinski definition) is 0. The summed E-state index contributed by atoms with van der Waals surface area (Å²) < 4.78 is 68.4. The highest BCUT2D eigenvalue weighted by atomic mass is 79.9. The minimum atomic E-state index is -5.11. The quantitative estimate of drug-likeness (QED) is 0.142. The van der Waals surface area contributed by atoms with Gasteiger partial charge in [-0.25, -0.2) is 9.59 Å². The molecule has 0 bridgehead atoms. The fraction of sp³-hybridized carbons (Fsp3) is 0.107. The van der Waals surface area contributed by atoms with E-state index in [-0.39, 0.29) is 34.8 Å². The largest absolute Gasteiger partial charge is 0.462 e. The summed E-state index contributed by atoms with van der Waals surface area (Å²) in [4.78, 5) is 37.5. The van der Waals surface area contributed by atoms with Crippen LogP contribution in [0.5, 0.6) is 17.2 Å². The average Bonchev–Trinajstić information content (AvgIpc) is 3.33. The third-order valence-corrected chi connectivity index (χ3v) is 6.05. The predicted molar refractivity (Wildman–Crippen MR) is 139 cm³/mol. The number of alkyl halides is 3. The molecule has 0 radical (unpaired) electrons. The number of carbonyl (C=O) groups is 2. The van der Waals surface area contributed by atoms with Crippen LogP contribution in [-0.2, 0) is 10.9 Å². The minimum absolute atomic E-state index is 0.136. The van der Waals surface area contributed by atoms with Gasteiger partial charge in [0.05, 0.1) is 17.6 Å². The van der Waals surface area contributed by atoms with Crippen molar-refractivity contribution in [3.8, 4) is 17.2 Å². The first kappa shape index (κ1) is 27.0. The maximum absolute atomic E-state index is 13.9. The predicted octanol–water partition coefficient (Wildman–Crippen LogP) is 7.51. The minimum Gasteiger partial charge on any atom is -0.462 e. The molecule has 0 aliphatic heterocycles. The number of fused-ring (bicyclic) bond motifs is 2. The van der Waals surface area contributed by atoms with Gasteiger partial charge in [0.1, 0.15) is 22.7 Å². The summed E-state index contributed by atoms with van der Waals surface area (Å²) in [7, 11) is 0. The molecule has 0 saturated heterocycles. The Balaban J connectivity index is 1.46. The van der Waals surface area contributed by atoms with E-state index >= 15 is 0 Å². The fourth-order valence-electron chi connectivity index (χ4n) is 3.76. The van der Waals surface area contributed by atoms with E-state index in [2.05, 4.69) is 15.9 Å². The molecule has 5 rings (SSSR count). The first-order chi connectivity index (χ1) is 19.0. The zero-order valence-corrected chi connectivity index (χ0v) is 21.9. The molecule has 40 heavy (non-hydrogen) atoms. The van der Waals surface area contributed by atoms with Gasteiger partial charge in [0.2, 0.25) is 16.9 Å². The van der Waals surface area contributed by atoms with Gasteiger partial charge >= 0.3 is 18.1 Å². The van der Waals surface area contributed by atoms with Gasteiger partial charge in [-0.2, -0.15) is 13.2 Å². The molecule has 0 aliphatic carbocycles. The van der Waals surface area contributed by atoms with E-state index in [1.807, 2.05) is 0 Å². The number of carbonyl (C=O) groups excluding carboxylic acids is 2. The number of esters is 2. The molecule has 2 heterocycles. The van der Waals surface area contributed by atoms with E-state index in [1.54, 1.807) is 25.1 Å². The molecule has 12 heteroatoms. The third-order valence-electron chi connectivity index (χ3n) is 5.56. The third kappa shape index (κ3) is 5.43. The fourth-order valence-corrected chi connectivity index (χ4v) is 4.14. The molecular formula is C28H16BrF3O8. The van der Waals surface area contributed by atoms with Crippen LogP contribution in [0.4, 0.5) is 13.2 Å². The second kappa shape index (κ2) is 10.5. The first-order valence-corrected chi connectivity index (χ1v) is 12.4. The monoisotopic (exact) mass is 616 g/mol. The highest BCUT2D eigenvalue weighted by Crippen LogP contribution is 2.39. The molecule has 2 aromatic heterocycles. The number of ether oxygens (including phenoxy) is 3. The van der Waals surface area contributed by atoms with Crippen molar-refractivity contribution in [3.63, 3.8) is 0 Å². The van der Waals surface area contributed by atoms with E-state index in [4.69, 9.17) is 23.0 Å². The maximum atomic E-state index is 13.9. The smallest absolute Gasteiger partial charge is 0.453 e. The summed E-state index contributed by atoms with van der Waals surface area (Å²) >= 11 is 3.32. The first-order valence-electron chi connectivity index (χ1n) is 11.6. The van der Waals surface area contributed by atoms with Crippen molar-refractivity contribution in [3.05, 3.63) is 98.5 Å². The Labute approximate surface area is 231 Å². The van der Waals surface area contributed by atoms with Crippen molar-refractivity contribution in [1.82, 2.24) is 0 Å². The van der Waals surface area contributed by atoms with Crippen LogP contribution in [0.1, 0.15) is 33.6 Å². The molecule has 5 aromatic rings. The molecule has 204 valence electrons. The lowest BCUT2D eigenvalue weighted by Crippen LogP contribution is -2.15. The Kier molecular flexibility index (Phi) is 7.11. The average molecular weight is 617 g/mol. The molecule has 0 fully saturated rings. The van der Waals surface area contributed by atoms with E-state index in [0.717, 1.165) is 16.6 Å². The summed E-state index contributed by atoms with van der Waals surface area (Å²) in [6, 6.07) is 14.9. The van der Waals surface area contributed by atoms with Gasteiger partial charge < -0.3 is 23.0 Å². The number of benzene rings is 3. The Bertz CT molecular complexity index is 1820. The molecule has 0 N–H and O–H groups in total. The van der Waals surface area contributed by atoms with Crippen LogP contribution in [0.25, 0.3) is 21.9 Å². The van der Waals surface area contributed by atoms with E-state index in [0.29, 0.717) is 11.0 Å². The van der Waals surface area contributed by atoms with Crippen molar-refractivity contribution in [2.24, 2.45) is 0 Å². The number of rotatable bonds is 6. The van der Waals surface area contributed by atoms with Crippen LogP contribution in [0.15, 0.2) is 84.8 Å². The summed E-state index contributed by atoms with van der Waals surface area (Å²) in [6.45, 7) is 1.77. The lowest BCUT2D eigenvalue weighted by Gasteiger charge is -2.14. The number of halogens is 4. The van der Waals surface area contributed by atoms with Crippen LogP contribution in [0.3, 0.4) is 0 Å². The SMILES string of the molecule is CCOC(=O)c1ccc(Oc2c(C(F)(F)F)oc3cc(OC(=O)c4cc5cc(Br)ccc5o4)ccc3c2=O)cc1. The van der Waals surface area contributed by atoms with Gasteiger partial charge in [-0.1, -0.05) is 15.9 Å². The summed E-state index contributed by atoms with van der Waals surface area (Å²) in [5, 5.41) is 0.378. The Morgan fingerprint density at radius 1 is 0.875 bits per heavy atom. The van der Waals surface area contributed by atoms with Crippen molar-refractivity contribution in [2.45, 2.75) is 13.1 Å². The van der Waals surface area contributed by atoms with Gasteiger partial charge in [0.25, 0.3) is 5.76 Å². The Morgan fingerprint density at radius 2 is 1.60 bits per heavy atom. The van der Waals surface area contributed by atoms with Gasteiger partial charge in [0, 0.05) is 15.9 Å². The lowest BCUT2D eigenvalue weighted by molar-refractivity contribution is -0.154. The van der Waals surface area contributed by atoms with Crippen LogP contribution in [-0.4, -0.2) is 18.5 Å². The summed E-state index contributed by atoms with van der Waals surface area (Å²) in [6.07, 6.45) is -5.11. The second-order valence-electron chi connectivity index (χ2n) is 8.27. The standard InChI is InChI=1S/C28H16BrF3O8/c1-2-36-26(34)14-3-6-17(7-4-14)37-24-23(33)19-9-8-18(13-21(19)40-25(24)28(30,31)32)38-27(35)22-12-15-11-16(29)5-10-20(15)39-22/h3-13H,2H2,1H3. The van der Waals surface area contributed by atoms with Crippen molar-refractivity contribution >= 4 is 49.8 Å². The highest BCUT2D eigenvalue weighted by molar-refractivity contribution is 9.10. The Hall–Kier alpha value is -4.58. The second-order valence-corrected chi connectivity index (χ2v) is 9.19. The van der Waals surface area contributed by atoms with Crippen LogP contribution < -0.4 is 14.9 Å². The topological polar surface area (TPSA) is 105 Å². The highest BCUT2D eigenvalue weighted by Gasteiger charge is 2.40. The molecule has 0 saturated carbocycles. The maximum Gasteiger partial charge on any atom is 0.453 e. The molecule has 0 spiro atoms. The molecule has 0 unspecified atom stereocenters. The summed E-state index contributed by atoms with van der Waals surface area (Å²) in [5.74, 6) is -4.78. The Morgan fingerprint density at radius 3 is 2.30 bits per heavy atom. The number of hydrogen-bond acceptors (Lipinski definition) is 8. The normalized spacial score (nSPS) is 11.5. The molecule has 0 atom stereocenters. The molecular weight excluding hydrogens is 601 g/mol. The van der Waals surface area contributed by atoms with E-state index in [9.17, 15) is 27.6 Å².